The van der Waals surface area contributed by atoms with Crippen LogP contribution in [0.25, 0.3) is 0 Å². The largest absolute Gasteiger partial charge is 0.309 e. The first-order chi connectivity index (χ1) is 9.54. The summed E-state index contributed by atoms with van der Waals surface area (Å²) in [5.74, 6) is 1.25. The van der Waals surface area contributed by atoms with Crippen molar-refractivity contribution >= 4 is 23.5 Å². The van der Waals surface area contributed by atoms with Gasteiger partial charge in [0.05, 0.1) is 0 Å². The summed E-state index contributed by atoms with van der Waals surface area (Å²) in [5, 5.41) is 5.93. The van der Waals surface area contributed by atoms with E-state index in [0.717, 1.165) is 17.0 Å². The van der Waals surface area contributed by atoms with Gasteiger partial charge in [-0.05, 0) is 37.1 Å². The van der Waals surface area contributed by atoms with E-state index in [1.54, 1.807) is 0 Å². The minimum atomic E-state index is 0.479. The van der Waals surface area contributed by atoms with Crippen LogP contribution in [0, 0.1) is 13.8 Å². The summed E-state index contributed by atoms with van der Waals surface area (Å²) in [5.41, 5.74) is 4.35. The number of hydrogen-bond donors (Lipinski definition) is 1. The fourth-order valence-corrected chi connectivity index (χ4v) is 5.86. The maximum absolute atomic E-state index is 3.74. The molecule has 1 fully saturated rings. The van der Waals surface area contributed by atoms with Gasteiger partial charge in [0, 0.05) is 27.5 Å². The van der Waals surface area contributed by atoms with Gasteiger partial charge in [0.1, 0.15) is 0 Å². The van der Waals surface area contributed by atoms with Crippen molar-refractivity contribution < 1.29 is 0 Å². The van der Waals surface area contributed by atoms with E-state index in [9.17, 15) is 0 Å². The molecule has 0 aromatic heterocycles. The van der Waals surface area contributed by atoms with Crippen molar-refractivity contribution in [2.24, 2.45) is 0 Å². The highest BCUT2D eigenvalue weighted by Gasteiger charge is 2.32. The Morgan fingerprint density at radius 1 is 1.25 bits per heavy atom. The minimum Gasteiger partial charge on any atom is -0.309 e. The molecule has 0 amide bonds. The Hall–Kier alpha value is -0.120. The second-order valence-electron chi connectivity index (χ2n) is 5.74. The smallest absolute Gasteiger partial charge is 0.0451 e. The van der Waals surface area contributed by atoms with Gasteiger partial charge in [-0.2, -0.15) is 23.5 Å². The first kappa shape index (κ1) is 16.3. The van der Waals surface area contributed by atoms with Crippen LogP contribution >= 0.6 is 23.5 Å². The average Bonchev–Trinajstić information content (AvgIpc) is 2.43. The predicted molar refractivity (Wildman–Crippen MR) is 95.1 cm³/mol. The molecule has 1 aliphatic heterocycles. The molecule has 20 heavy (non-hydrogen) atoms. The highest BCUT2D eigenvalue weighted by molar-refractivity contribution is 8.07. The topological polar surface area (TPSA) is 12.0 Å². The van der Waals surface area contributed by atoms with Gasteiger partial charge in [-0.25, -0.2) is 0 Å². The third-order valence-electron chi connectivity index (χ3n) is 4.35. The molecule has 4 unspecified atom stereocenters. The zero-order valence-corrected chi connectivity index (χ0v) is 14.9. The van der Waals surface area contributed by atoms with Crippen molar-refractivity contribution in [3.63, 3.8) is 0 Å². The van der Waals surface area contributed by atoms with Crippen molar-refractivity contribution in [1.82, 2.24) is 5.32 Å². The third-order valence-corrected chi connectivity index (χ3v) is 7.85. The Kier molecular flexibility index (Phi) is 5.88. The Balaban J connectivity index is 2.24. The molecule has 1 aromatic rings. The van der Waals surface area contributed by atoms with Crippen LogP contribution in [-0.2, 0) is 0 Å². The van der Waals surface area contributed by atoms with Crippen LogP contribution in [0.1, 0.15) is 43.5 Å². The molecule has 1 N–H and O–H groups in total. The number of thioether (sulfide) groups is 2. The lowest BCUT2D eigenvalue weighted by atomic mass is 9.95. The lowest BCUT2D eigenvalue weighted by molar-refractivity contribution is 0.545. The fraction of sp³-hybridized carbons (Fsp3) is 0.647. The third kappa shape index (κ3) is 3.55. The zero-order valence-electron chi connectivity index (χ0n) is 13.3. The van der Waals surface area contributed by atoms with Crippen LogP contribution in [0.4, 0.5) is 0 Å². The van der Waals surface area contributed by atoms with Crippen molar-refractivity contribution in [2.45, 2.75) is 56.4 Å². The number of nitrogens with one attached hydrogen (secondary N) is 1. The first-order valence-electron chi connectivity index (χ1n) is 7.61. The van der Waals surface area contributed by atoms with Crippen LogP contribution in [-0.4, -0.2) is 28.0 Å². The van der Waals surface area contributed by atoms with Gasteiger partial charge in [0.15, 0.2) is 0 Å². The Labute approximate surface area is 132 Å². The number of benzene rings is 1. The first-order valence-corrected chi connectivity index (χ1v) is 9.60. The second-order valence-corrected chi connectivity index (χ2v) is 8.77. The van der Waals surface area contributed by atoms with Gasteiger partial charge >= 0.3 is 0 Å². The molecule has 0 aliphatic carbocycles. The normalized spacial score (nSPS) is 28.4. The zero-order chi connectivity index (χ0) is 14.7. The van der Waals surface area contributed by atoms with E-state index < -0.39 is 0 Å². The quantitative estimate of drug-likeness (QED) is 0.874. The summed E-state index contributed by atoms with van der Waals surface area (Å²) in [6, 6.07) is 7.21. The molecule has 4 atom stereocenters. The van der Waals surface area contributed by atoms with Crippen LogP contribution < -0.4 is 5.32 Å². The molecular formula is C17H27NS2. The fourth-order valence-electron chi connectivity index (χ4n) is 2.75. The molecule has 3 heteroatoms. The van der Waals surface area contributed by atoms with Crippen LogP contribution in [0.5, 0.6) is 0 Å². The standard InChI is InChI=1S/C17H27NS2/c1-6-18-17(15-9-7-8-11(2)12(15)3)16-10-19-13(4)14(5)20-16/h7-9,13-14,16-18H,6,10H2,1-5H3. The van der Waals surface area contributed by atoms with E-state index >= 15 is 0 Å². The van der Waals surface area contributed by atoms with Gasteiger partial charge in [-0.1, -0.05) is 39.0 Å². The van der Waals surface area contributed by atoms with Gasteiger partial charge in [-0.3, -0.25) is 0 Å². The predicted octanol–water partition coefficient (Wildman–Crippen LogP) is 4.58. The molecule has 1 heterocycles. The summed E-state index contributed by atoms with van der Waals surface area (Å²) in [4.78, 5) is 0. The summed E-state index contributed by atoms with van der Waals surface area (Å²) < 4.78 is 0. The maximum atomic E-state index is 3.74. The molecule has 0 saturated carbocycles. The van der Waals surface area contributed by atoms with Crippen molar-refractivity contribution in [1.29, 1.82) is 0 Å². The Bertz CT molecular complexity index is 447. The van der Waals surface area contributed by atoms with Gasteiger partial charge < -0.3 is 5.32 Å². The molecule has 112 valence electrons. The van der Waals surface area contributed by atoms with E-state index in [2.05, 4.69) is 81.7 Å². The summed E-state index contributed by atoms with van der Waals surface area (Å²) in [6.45, 7) is 12.5. The van der Waals surface area contributed by atoms with Gasteiger partial charge in [0.25, 0.3) is 0 Å². The number of rotatable bonds is 4. The van der Waals surface area contributed by atoms with Gasteiger partial charge in [0.2, 0.25) is 0 Å². The Morgan fingerprint density at radius 2 is 2.00 bits per heavy atom. The van der Waals surface area contributed by atoms with E-state index in [1.807, 2.05) is 0 Å². The van der Waals surface area contributed by atoms with E-state index in [0.29, 0.717) is 11.3 Å². The van der Waals surface area contributed by atoms with Crippen molar-refractivity contribution in [2.75, 3.05) is 12.3 Å². The van der Waals surface area contributed by atoms with E-state index in [-0.39, 0.29) is 0 Å². The molecule has 1 aromatic carbocycles. The molecular weight excluding hydrogens is 282 g/mol. The molecule has 1 aliphatic rings. The molecule has 1 saturated heterocycles. The van der Waals surface area contributed by atoms with E-state index in [4.69, 9.17) is 0 Å². The highest BCUT2D eigenvalue weighted by Crippen LogP contribution is 2.41. The Morgan fingerprint density at radius 3 is 2.65 bits per heavy atom. The lowest BCUT2D eigenvalue weighted by Gasteiger charge is -2.37. The molecule has 0 bridgehead atoms. The summed E-state index contributed by atoms with van der Waals surface area (Å²) in [6.07, 6.45) is 0. The SMILES string of the molecule is CCNC(c1cccc(C)c1C)C1CSC(C)C(C)S1. The summed E-state index contributed by atoms with van der Waals surface area (Å²) >= 11 is 4.30. The summed E-state index contributed by atoms with van der Waals surface area (Å²) in [7, 11) is 0. The number of hydrogen-bond acceptors (Lipinski definition) is 3. The maximum Gasteiger partial charge on any atom is 0.0451 e. The van der Waals surface area contributed by atoms with Crippen LogP contribution in [0.3, 0.4) is 0 Å². The highest BCUT2D eigenvalue weighted by atomic mass is 32.2. The minimum absolute atomic E-state index is 0.479. The van der Waals surface area contributed by atoms with Crippen LogP contribution in [0.2, 0.25) is 0 Å². The average molecular weight is 310 g/mol. The van der Waals surface area contributed by atoms with Crippen LogP contribution in [0.15, 0.2) is 18.2 Å². The molecule has 0 radical (unpaired) electrons. The molecule has 0 spiro atoms. The lowest BCUT2D eigenvalue weighted by Crippen LogP contribution is -2.37. The van der Waals surface area contributed by atoms with Gasteiger partial charge in [-0.15, -0.1) is 0 Å². The van der Waals surface area contributed by atoms with Crippen molar-refractivity contribution in [3.05, 3.63) is 34.9 Å². The second kappa shape index (κ2) is 7.24. The van der Waals surface area contributed by atoms with Crippen molar-refractivity contribution in [3.8, 4) is 0 Å². The van der Waals surface area contributed by atoms with E-state index in [1.165, 1.54) is 22.4 Å². The molecule has 1 nitrogen and oxygen atoms in total. The number of aryl methyl sites for hydroxylation is 1. The molecule has 2 rings (SSSR count). The monoisotopic (exact) mass is 309 g/mol.